The van der Waals surface area contributed by atoms with Gasteiger partial charge in [-0.1, -0.05) is 15.9 Å². The number of halogens is 2. The molecule has 0 unspecified atom stereocenters. The molecular weight excluding hydrogens is 261 g/mol. The van der Waals surface area contributed by atoms with Gasteiger partial charge in [0.2, 0.25) is 0 Å². The molecule has 15 heavy (non-hydrogen) atoms. The van der Waals surface area contributed by atoms with Crippen molar-refractivity contribution >= 4 is 15.9 Å². The van der Waals surface area contributed by atoms with Crippen LogP contribution in [0.15, 0.2) is 47.2 Å². The Morgan fingerprint density at radius 1 is 1.13 bits per heavy atom. The first-order valence-corrected chi connectivity index (χ1v) is 5.08. The lowest BCUT2D eigenvalue weighted by Gasteiger charge is -2.06. The van der Waals surface area contributed by atoms with Crippen molar-refractivity contribution in [2.75, 3.05) is 0 Å². The van der Waals surface area contributed by atoms with Gasteiger partial charge in [-0.2, -0.15) is 0 Å². The van der Waals surface area contributed by atoms with Gasteiger partial charge >= 0.3 is 0 Å². The molecule has 0 aliphatic rings. The second-order valence-corrected chi connectivity index (χ2v) is 3.78. The van der Waals surface area contributed by atoms with E-state index in [0.717, 1.165) is 4.47 Å². The maximum Gasteiger partial charge on any atom is 0.165 e. The van der Waals surface area contributed by atoms with Crippen LogP contribution in [-0.4, -0.2) is 4.98 Å². The number of nitrogens with zero attached hydrogens (tertiary/aromatic N) is 1. The van der Waals surface area contributed by atoms with E-state index in [9.17, 15) is 4.39 Å². The van der Waals surface area contributed by atoms with E-state index in [0.29, 0.717) is 5.75 Å². The lowest BCUT2D eigenvalue weighted by Crippen LogP contribution is -1.88. The molecule has 0 atom stereocenters. The molecular formula is C11H7BrFNO. The molecule has 0 aliphatic carbocycles. The van der Waals surface area contributed by atoms with Gasteiger partial charge in [-0.3, -0.25) is 4.98 Å². The van der Waals surface area contributed by atoms with E-state index in [-0.39, 0.29) is 5.75 Å². The van der Waals surface area contributed by atoms with Gasteiger partial charge in [-0.15, -0.1) is 0 Å². The average molecular weight is 268 g/mol. The zero-order chi connectivity index (χ0) is 10.7. The summed E-state index contributed by atoms with van der Waals surface area (Å²) in [5.41, 5.74) is 0. The van der Waals surface area contributed by atoms with E-state index in [2.05, 4.69) is 20.9 Å². The highest BCUT2D eigenvalue weighted by Crippen LogP contribution is 2.26. The molecule has 1 aromatic carbocycles. The fraction of sp³-hybridized carbons (Fsp3) is 0. The Hall–Kier alpha value is -1.42. The summed E-state index contributed by atoms with van der Waals surface area (Å²) in [4.78, 5) is 3.84. The molecule has 2 nitrogen and oxygen atoms in total. The SMILES string of the molecule is Fc1ccc(Br)cc1Oc1ccncc1. The Labute approximate surface area is 94.9 Å². The molecule has 0 saturated heterocycles. The summed E-state index contributed by atoms with van der Waals surface area (Å²) in [5.74, 6) is 0.354. The molecule has 0 N–H and O–H groups in total. The standard InChI is InChI=1S/C11H7BrFNO/c12-8-1-2-10(13)11(7-8)15-9-3-5-14-6-4-9/h1-7H. The van der Waals surface area contributed by atoms with Gasteiger partial charge in [0.1, 0.15) is 5.75 Å². The molecule has 2 aromatic rings. The van der Waals surface area contributed by atoms with E-state index in [1.807, 2.05) is 0 Å². The molecule has 2 rings (SSSR count). The smallest absolute Gasteiger partial charge is 0.165 e. The summed E-state index contributed by atoms with van der Waals surface area (Å²) in [7, 11) is 0. The van der Waals surface area contributed by atoms with Crippen molar-refractivity contribution in [1.29, 1.82) is 0 Å². The van der Waals surface area contributed by atoms with Gasteiger partial charge in [0.05, 0.1) is 0 Å². The fourth-order valence-electron chi connectivity index (χ4n) is 1.09. The molecule has 0 fully saturated rings. The van der Waals surface area contributed by atoms with Crippen molar-refractivity contribution in [2.45, 2.75) is 0 Å². The molecule has 1 aromatic heterocycles. The van der Waals surface area contributed by atoms with E-state index < -0.39 is 5.82 Å². The summed E-state index contributed by atoms with van der Waals surface area (Å²) < 4.78 is 19.4. The maximum absolute atomic E-state index is 13.3. The molecule has 0 saturated carbocycles. The first-order valence-electron chi connectivity index (χ1n) is 4.28. The van der Waals surface area contributed by atoms with Crippen LogP contribution in [0.4, 0.5) is 4.39 Å². The van der Waals surface area contributed by atoms with Gasteiger partial charge in [-0.25, -0.2) is 4.39 Å². The zero-order valence-corrected chi connectivity index (χ0v) is 9.24. The van der Waals surface area contributed by atoms with Crippen LogP contribution < -0.4 is 4.74 Å². The Morgan fingerprint density at radius 3 is 2.60 bits per heavy atom. The normalized spacial score (nSPS) is 10.0. The number of hydrogen-bond donors (Lipinski definition) is 0. The molecule has 0 spiro atoms. The number of benzene rings is 1. The van der Waals surface area contributed by atoms with Gasteiger partial charge in [0, 0.05) is 16.9 Å². The number of aromatic nitrogens is 1. The zero-order valence-electron chi connectivity index (χ0n) is 7.65. The Balaban J connectivity index is 2.28. The number of hydrogen-bond acceptors (Lipinski definition) is 2. The highest BCUT2D eigenvalue weighted by molar-refractivity contribution is 9.10. The minimum atomic E-state index is -0.394. The topological polar surface area (TPSA) is 22.1 Å². The summed E-state index contributed by atoms with van der Waals surface area (Å²) in [6.07, 6.45) is 3.18. The van der Waals surface area contributed by atoms with Crippen molar-refractivity contribution in [1.82, 2.24) is 4.98 Å². The largest absolute Gasteiger partial charge is 0.454 e. The molecule has 76 valence electrons. The Morgan fingerprint density at radius 2 is 1.87 bits per heavy atom. The molecule has 0 bridgehead atoms. The van der Waals surface area contributed by atoms with E-state index >= 15 is 0 Å². The van der Waals surface area contributed by atoms with Crippen molar-refractivity contribution in [3.05, 3.63) is 53.0 Å². The fourth-order valence-corrected chi connectivity index (χ4v) is 1.43. The first kappa shape index (κ1) is 10.1. The first-order chi connectivity index (χ1) is 7.25. The molecule has 0 aliphatic heterocycles. The van der Waals surface area contributed by atoms with Crippen LogP contribution >= 0.6 is 15.9 Å². The van der Waals surface area contributed by atoms with Crippen molar-refractivity contribution in [3.63, 3.8) is 0 Å². The average Bonchev–Trinajstić information content (AvgIpc) is 2.25. The van der Waals surface area contributed by atoms with Gasteiger partial charge in [0.25, 0.3) is 0 Å². The number of rotatable bonds is 2. The number of pyridine rings is 1. The Bertz CT molecular complexity index is 461. The summed E-state index contributed by atoms with van der Waals surface area (Å²) in [6, 6.07) is 7.88. The second kappa shape index (κ2) is 4.40. The monoisotopic (exact) mass is 267 g/mol. The third-order valence-corrected chi connectivity index (χ3v) is 2.26. The molecule has 4 heteroatoms. The predicted octanol–water partition coefficient (Wildman–Crippen LogP) is 3.78. The van der Waals surface area contributed by atoms with Crippen LogP contribution in [0.3, 0.4) is 0 Å². The van der Waals surface area contributed by atoms with Crippen LogP contribution in [0, 0.1) is 5.82 Å². The highest BCUT2D eigenvalue weighted by Gasteiger charge is 2.04. The summed E-state index contributed by atoms with van der Waals surface area (Å²) in [6.45, 7) is 0. The predicted molar refractivity (Wildman–Crippen MR) is 58.4 cm³/mol. The van der Waals surface area contributed by atoms with E-state index in [1.165, 1.54) is 6.07 Å². The lowest BCUT2D eigenvalue weighted by molar-refractivity contribution is 0.441. The van der Waals surface area contributed by atoms with Crippen LogP contribution in [0.1, 0.15) is 0 Å². The van der Waals surface area contributed by atoms with Crippen LogP contribution in [-0.2, 0) is 0 Å². The van der Waals surface area contributed by atoms with Gasteiger partial charge in [0.15, 0.2) is 11.6 Å². The van der Waals surface area contributed by atoms with Gasteiger partial charge in [-0.05, 0) is 30.3 Å². The lowest BCUT2D eigenvalue weighted by atomic mass is 10.3. The molecule has 0 radical (unpaired) electrons. The number of ether oxygens (including phenoxy) is 1. The van der Waals surface area contributed by atoms with Gasteiger partial charge < -0.3 is 4.74 Å². The quantitative estimate of drug-likeness (QED) is 0.826. The van der Waals surface area contributed by atoms with E-state index in [4.69, 9.17) is 4.74 Å². The van der Waals surface area contributed by atoms with Crippen LogP contribution in [0.25, 0.3) is 0 Å². The highest BCUT2D eigenvalue weighted by atomic mass is 79.9. The third-order valence-electron chi connectivity index (χ3n) is 1.77. The summed E-state index contributed by atoms with van der Waals surface area (Å²) in [5, 5.41) is 0. The van der Waals surface area contributed by atoms with Crippen molar-refractivity contribution in [3.8, 4) is 11.5 Å². The molecule has 1 heterocycles. The van der Waals surface area contributed by atoms with Crippen LogP contribution in [0.5, 0.6) is 11.5 Å². The molecule has 0 amide bonds. The summed E-state index contributed by atoms with van der Waals surface area (Å²) >= 11 is 3.25. The Kier molecular flexibility index (Phi) is 2.97. The minimum Gasteiger partial charge on any atom is -0.454 e. The van der Waals surface area contributed by atoms with Crippen molar-refractivity contribution < 1.29 is 9.13 Å². The van der Waals surface area contributed by atoms with Crippen molar-refractivity contribution in [2.24, 2.45) is 0 Å². The van der Waals surface area contributed by atoms with Crippen LogP contribution in [0.2, 0.25) is 0 Å². The van der Waals surface area contributed by atoms with E-state index in [1.54, 1.807) is 36.7 Å². The third kappa shape index (κ3) is 2.53. The second-order valence-electron chi connectivity index (χ2n) is 2.86. The maximum atomic E-state index is 13.3. The minimum absolute atomic E-state index is 0.190.